The van der Waals surface area contributed by atoms with Gasteiger partial charge >= 0.3 is 0 Å². The Hall–Kier alpha value is -4.15. The molecule has 1 aliphatic heterocycles. The highest BCUT2D eigenvalue weighted by atomic mass is 16.1. The van der Waals surface area contributed by atoms with Crippen molar-refractivity contribution in [3.8, 4) is 18.0 Å². The number of fused-ring (bicyclic) bond motifs is 1. The van der Waals surface area contributed by atoms with Gasteiger partial charge in [-0.2, -0.15) is 4.98 Å². The van der Waals surface area contributed by atoms with E-state index in [0.29, 0.717) is 28.6 Å². The van der Waals surface area contributed by atoms with Gasteiger partial charge in [0, 0.05) is 48.3 Å². The first-order chi connectivity index (χ1) is 17.0. The predicted molar refractivity (Wildman–Crippen MR) is 142 cm³/mol. The number of terminal acetylenes is 1. The molecule has 0 amide bonds. The van der Waals surface area contributed by atoms with Gasteiger partial charge in [0.15, 0.2) is 5.65 Å². The number of nitrogens with one attached hydrogen (secondary N) is 1. The van der Waals surface area contributed by atoms with Crippen LogP contribution in [0.15, 0.2) is 71.7 Å². The van der Waals surface area contributed by atoms with Crippen molar-refractivity contribution in [1.29, 1.82) is 0 Å². The summed E-state index contributed by atoms with van der Waals surface area (Å²) < 4.78 is 1.56. The lowest BCUT2D eigenvalue weighted by Crippen LogP contribution is -2.41. The van der Waals surface area contributed by atoms with Crippen LogP contribution in [0.3, 0.4) is 0 Å². The molecule has 2 aromatic carbocycles. The standard InChI is InChI=1S/C28H28N6O/c1-4-20-18-26(35)34(24-8-6-5-7-9-24)27-25(20)19-29-28(31-27)30-21-10-12-23(13-11-21)33-16-14-22(15-17-33)32(2)3/h1,5-13,18-19,22H,14-17H2,2-3H3,(H,29,30,31). The van der Waals surface area contributed by atoms with Gasteiger partial charge in [0.2, 0.25) is 5.95 Å². The fraction of sp³-hybridized carbons (Fsp3) is 0.250. The molecule has 0 unspecified atom stereocenters. The Morgan fingerprint density at radius 3 is 2.40 bits per heavy atom. The number of benzene rings is 2. The average Bonchev–Trinajstić information content (AvgIpc) is 2.89. The first-order valence-electron chi connectivity index (χ1n) is 11.8. The van der Waals surface area contributed by atoms with Crippen LogP contribution in [0.5, 0.6) is 0 Å². The Balaban J connectivity index is 1.42. The summed E-state index contributed by atoms with van der Waals surface area (Å²) in [5.41, 5.74) is 3.52. The molecule has 0 bridgehead atoms. The monoisotopic (exact) mass is 464 g/mol. The first-order valence-corrected chi connectivity index (χ1v) is 11.8. The minimum absolute atomic E-state index is 0.233. The number of para-hydroxylation sites is 1. The molecule has 0 aliphatic carbocycles. The minimum Gasteiger partial charge on any atom is -0.371 e. The van der Waals surface area contributed by atoms with Crippen molar-refractivity contribution < 1.29 is 0 Å². The molecule has 4 aromatic rings. The highest BCUT2D eigenvalue weighted by molar-refractivity contribution is 5.84. The molecule has 1 aliphatic rings. The van der Waals surface area contributed by atoms with Gasteiger partial charge in [-0.05, 0) is 63.3 Å². The van der Waals surface area contributed by atoms with Gasteiger partial charge < -0.3 is 15.1 Å². The molecule has 1 saturated heterocycles. The van der Waals surface area contributed by atoms with E-state index in [2.05, 4.69) is 57.2 Å². The van der Waals surface area contributed by atoms with E-state index in [1.165, 1.54) is 24.6 Å². The SMILES string of the molecule is C#Cc1cc(=O)n(-c2ccccc2)c2nc(Nc3ccc(N4CCC(N(C)C)CC4)cc3)ncc12. The molecule has 0 atom stereocenters. The summed E-state index contributed by atoms with van der Waals surface area (Å²) in [4.78, 5) is 26.8. The summed E-state index contributed by atoms with van der Waals surface area (Å²) in [6.45, 7) is 2.11. The Morgan fingerprint density at radius 2 is 1.74 bits per heavy atom. The van der Waals surface area contributed by atoms with Crippen LogP contribution in [-0.4, -0.2) is 52.7 Å². The van der Waals surface area contributed by atoms with E-state index in [4.69, 9.17) is 6.42 Å². The van der Waals surface area contributed by atoms with E-state index >= 15 is 0 Å². The Kier molecular flexibility index (Phi) is 6.21. The van der Waals surface area contributed by atoms with Gasteiger partial charge in [-0.25, -0.2) is 4.98 Å². The van der Waals surface area contributed by atoms with E-state index < -0.39 is 0 Å². The molecule has 1 fully saturated rings. The second-order valence-corrected chi connectivity index (χ2v) is 9.00. The van der Waals surface area contributed by atoms with Crippen molar-refractivity contribution in [3.63, 3.8) is 0 Å². The highest BCUT2D eigenvalue weighted by Gasteiger charge is 2.20. The lowest BCUT2D eigenvalue weighted by Gasteiger charge is -2.36. The molecule has 7 heteroatoms. The average molecular weight is 465 g/mol. The molecule has 0 saturated carbocycles. The number of aromatic nitrogens is 3. The number of piperidine rings is 1. The van der Waals surface area contributed by atoms with Crippen LogP contribution in [0, 0.1) is 12.3 Å². The molecule has 176 valence electrons. The molecular formula is C28H28N6O. The molecule has 3 heterocycles. The fourth-order valence-electron chi connectivity index (χ4n) is 4.63. The maximum Gasteiger partial charge on any atom is 0.258 e. The number of nitrogens with zero attached hydrogens (tertiary/aromatic N) is 5. The van der Waals surface area contributed by atoms with Crippen LogP contribution in [0.1, 0.15) is 18.4 Å². The fourth-order valence-corrected chi connectivity index (χ4v) is 4.63. The molecular weight excluding hydrogens is 436 g/mol. The van der Waals surface area contributed by atoms with Crippen molar-refractivity contribution in [1.82, 2.24) is 19.4 Å². The molecule has 7 nitrogen and oxygen atoms in total. The number of pyridine rings is 1. The highest BCUT2D eigenvalue weighted by Crippen LogP contribution is 2.25. The molecule has 1 N–H and O–H groups in total. The third kappa shape index (κ3) is 4.61. The van der Waals surface area contributed by atoms with Crippen LogP contribution in [0.25, 0.3) is 16.7 Å². The van der Waals surface area contributed by atoms with Crippen LogP contribution < -0.4 is 15.8 Å². The smallest absolute Gasteiger partial charge is 0.258 e. The predicted octanol–water partition coefficient (Wildman–Crippen LogP) is 4.04. The molecule has 0 radical (unpaired) electrons. The zero-order valence-corrected chi connectivity index (χ0v) is 20.0. The van der Waals surface area contributed by atoms with Crippen molar-refractivity contribution in [2.75, 3.05) is 37.4 Å². The van der Waals surface area contributed by atoms with Crippen LogP contribution in [-0.2, 0) is 0 Å². The van der Waals surface area contributed by atoms with Crippen LogP contribution >= 0.6 is 0 Å². The third-order valence-electron chi connectivity index (χ3n) is 6.61. The van der Waals surface area contributed by atoms with Gasteiger partial charge in [0.1, 0.15) is 0 Å². The minimum atomic E-state index is -0.233. The summed E-state index contributed by atoms with van der Waals surface area (Å²) >= 11 is 0. The molecule has 0 spiro atoms. The lowest BCUT2D eigenvalue weighted by atomic mass is 10.0. The van der Waals surface area contributed by atoms with E-state index in [9.17, 15) is 4.79 Å². The second kappa shape index (κ2) is 9.61. The maximum absolute atomic E-state index is 12.9. The summed E-state index contributed by atoms with van der Waals surface area (Å²) in [6.07, 6.45) is 9.66. The van der Waals surface area contributed by atoms with Crippen molar-refractivity contribution >= 4 is 28.4 Å². The van der Waals surface area contributed by atoms with Crippen LogP contribution in [0.2, 0.25) is 0 Å². The normalized spacial score (nSPS) is 14.3. The summed E-state index contributed by atoms with van der Waals surface area (Å²) in [6, 6.07) is 19.8. The Morgan fingerprint density at radius 1 is 1.03 bits per heavy atom. The van der Waals surface area contributed by atoms with E-state index in [0.717, 1.165) is 24.5 Å². The van der Waals surface area contributed by atoms with Gasteiger partial charge in [0.05, 0.1) is 11.1 Å². The largest absolute Gasteiger partial charge is 0.371 e. The topological polar surface area (TPSA) is 66.3 Å². The van der Waals surface area contributed by atoms with Gasteiger partial charge in [-0.15, -0.1) is 6.42 Å². The van der Waals surface area contributed by atoms with Gasteiger partial charge in [-0.3, -0.25) is 9.36 Å². The molecule has 5 rings (SSSR count). The molecule has 35 heavy (non-hydrogen) atoms. The second-order valence-electron chi connectivity index (χ2n) is 9.00. The van der Waals surface area contributed by atoms with Gasteiger partial charge in [0.25, 0.3) is 5.56 Å². The van der Waals surface area contributed by atoms with Crippen molar-refractivity contribution in [3.05, 3.63) is 82.8 Å². The van der Waals surface area contributed by atoms with Crippen LogP contribution in [0.4, 0.5) is 17.3 Å². The number of hydrogen-bond donors (Lipinski definition) is 1. The quantitative estimate of drug-likeness (QED) is 0.450. The number of hydrogen-bond acceptors (Lipinski definition) is 6. The zero-order chi connectivity index (χ0) is 24.4. The van der Waals surface area contributed by atoms with E-state index in [1.807, 2.05) is 42.5 Å². The zero-order valence-electron chi connectivity index (χ0n) is 20.0. The number of rotatable bonds is 5. The van der Waals surface area contributed by atoms with Crippen molar-refractivity contribution in [2.24, 2.45) is 0 Å². The number of anilines is 3. The molecule has 2 aromatic heterocycles. The first kappa shape index (κ1) is 22.6. The lowest BCUT2D eigenvalue weighted by molar-refractivity contribution is 0.249. The van der Waals surface area contributed by atoms with Gasteiger partial charge in [-0.1, -0.05) is 24.1 Å². The third-order valence-corrected chi connectivity index (χ3v) is 6.61. The Bertz CT molecular complexity index is 1430. The summed E-state index contributed by atoms with van der Waals surface area (Å²) in [5, 5.41) is 3.92. The summed E-state index contributed by atoms with van der Waals surface area (Å²) in [7, 11) is 4.31. The maximum atomic E-state index is 12.9. The Labute approximate surface area is 205 Å². The van der Waals surface area contributed by atoms with E-state index in [1.54, 1.807) is 10.8 Å². The summed E-state index contributed by atoms with van der Waals surface area (Å²) in [5.74, 6) is 2.98. The van der Waals surface area contributed by atoms with E-state index in [-0.39, 0.29) is 5.56 Å². The van der Waals surface area contributed by atoms with Crippen molar-refractivity contribution in [2.45, 2.75) is 18.9 Å².